The lowest BCUT2D eigenvalue weighted by Gasteiger charge is -2.53. The minimum atomic E-state index is 0.149. The number of likely N-dealkylation sites (tertiary alicyclic amines) is 1. The Bertz CT molecular complexity index is 179. The van der Waals surface area contributed by atoms with E-state index in [-0.39, 0.29) is 11.1 Å². The Balaban J connectivity index is 2.84. The minimum absolute atomic E-state index is 0.149. The third-order valence-corrected chi connectivity index (χ3v) is 3.31. The quantitative estimate of drug-likeness (QED) is 0.624. The van der Waals surface area contributed by atoms with Crippen LogP contribution in [0.15, 0.2) is 0 Å². The molecule has 0 aliphatic carbocycles. The summed E-state index contributed by atoms with van der Waals surface area (Å²) in [6.07, 6.45) is 2.40. The van der Waals surface area contributed by atoms with Crippen molar-refractivity contribution in [3.63, 3.8) is 0 Å². The zero-order valence-electron chi connectivity index (χ0n) is 9.72. The predicted octanol–water partition coefficient (Wildman–Crippen LogP) is 1.99. The normalized spacial score (nSPS) is 30.5. The molecular weight excluding hydrogens is 160 g/mol. The maximum Gasteiger partial charge on any atom is 0.0309 e. The van der Waals surface area contributed by atoms with E-state index >= 15 is 0 Å². The molecule has 0 aromatic heterocycles. The summed E-state index contributed by atoms with van der Waals surface area (Å²) in [7, 11) is 0. The SMILES string of the molecule is CC(C)(C)N1CCCC(N)C1(C)C. The van der Waals surface area contributed by atoms with Gasteiger partial charge < -0.3 is 5.73 Å². The fraction of sp³-hybridized carbons (Fsp3) is 1.00. The van der Waals surface area contributed by atoms with E-state index in [2.05, 4.69) is 39.5 Å². The van der Waals surface area contributed by atoms with Crippen LogP contribution in [0.1, 0.15) is 47.5 Å². The molecule has 0 bridgehead atoms. The van der Waals surface area contributed by atoms with Crippen LogP contribution < -0.4 is 5.73 Å². The van der Waals surface area contributed by atoms with Gasteiger partial charge in [-0.3, -0.25) is 4.90 Å². The van der Waals surface area contributed by atoms with Crippen molar-refractivity contribution in [2.24, 2.45) is 5.73 Å². The van der Waals surface area contributed by atoms with E-state index < -0.39 is 0 Å². The molecule has 1 aliphatic heterocycles. The van der Waals surface area contributed by atoms with E-state index in [4.69, 9.17) is 5.73 Å². The number of rotatable bonds is 0. The molecule has 0 saturated carbocycles. The number of nitrogens with zero attached hydrogens (tertiary/aromatic N) is 1. The maximum atomic E-state index is 6.16. The van der Waals surface area contributed by atoms with Crippen LogP contribution in [0, 0.1) is 0 Å². The first kappa shape index (κ1) is 11.0. The van der Waals surface area contributed by atoms with Gasteiger partial charge in [-0.25, -0.2) is 0 Å². The average molecular weight is 184 g/mol. The molecule has 0 spiro atoms. The van der Waals surface area contributed by atoms with Crippen LogP contribution in [-0.4, -0.2) is 28.6 Å². The van der Waals surface area contributed by atoms with Crippen molar-refractivity contribution >= 4 is 0 Å². The molecule has 0 amide bonds. The first-order chi connectivity index (χ1) is 5.76. The summed E-state index contributed by atoms with van der Waals surface area (Å²) in [5.74, 6) is 0. The third-order valence-electron chi connectivity index (χ3n) is 3.31. The van der Waals surface area contributed by atoms with Gasteiger partial charge in [-0.2, -0.15) is 0 Å². The zero-order chi connectivity index (χ0) is 10.3. The highest BCUT2D eigenvalue weighted by Gasteiger charge is 2.41. The summed E-state index contributed by atoms with van der Waals surface area (Å²) in [6, 6.07) is 0.320. The number of nitrogens with two attached hydrogens (primary N) is 1. The molecule has 78 valence electrons. The highest BCUT2D eigenvalue weighted by atomic mass is 15.3. The van der Waals surface area contributed by atoms with Gasteiger partial charge >= 0.3 is 0 Å². The van der Waals surface area contributed by atoms with Gasteiger partial charge in [-0.1, -0.05) is 0 Å². The second-order valence-electron chi connectivity index (χ2n) is 5.72. The second-order valence-corrected chi connectivity index (χ2v) is 5.72. The molecule has 1 saturated heterocycles. The molecule has 1 fully saturated rings. The summed E-state index contributed by atoms with van der Waals surface area (Å²) in [5, 5.41) is 0. The van der Waals surface area contributed by atoms with Gasteiger partial charge in [0.1, 0.15) is 0 Å². The highest BCUT2D eigenvalue weighted by Crippen LogP contribution is 2.32. The number of hydrogen-bond acceptors (Lipinski definition) is 2. The van der Waals surface area contributed by atoms with E-state index in [0.29, 0.717) is 6.04 Å². The van der Waals surface area contributed by atoms with Gasteiger partial charge in [0.15, 0.2) is 0 Å². The van der Waals surface area contributed by atoms with Gasteiger partial charge in [0, 0.05) is 17.1 Å². The van der Waals surface area contributed by atoms with Crippen LogP contribution in [0.3, 0.4) is 0 Å². The lowest BCUT2D eigenvalue weighted by molar-refractivity contribution is -0.0157. The zero-order valence-corrected chi connectivity index (χ0v) is 9.72. The molecule has 0 radical (unpaired) electrons. The molecule has 0 aromatic rings. The molecule has 1 heterocycles. The van der Waals surface area contributed by atoms with Crippen molar-refractivity contribution in [3.8, 4) is 0 Å². The van der Waals surface area contributed by atoms with Crippen molar-refractivity contribution in [2.45, 2.75) is 64.6 Å². The molecular formula is C11H24N2. The van der Waals surface area contributed by atoms with Gasteiger partial charge in [0.05, 0.1) is 0 Å². The van der Waals surface area contributed by atoms with Crippen LogP contribution in [0.25, 0.3) is 0 Å². The molecule has 13 heavy (non-hydrogen) atoms. The lowest BCUT2D eigenvalue weighted by atomic mass is 9.82. The first-order valence-corrected chi connectivity index (χ1v) is 5.29. The Morgan fingerprint density at radius 1 is 1.31 bits per heavy atom. The Hall–Kier alpha value is -0.0800. The smallest absolute Gasteiger partial charge is 0.0309 e. The van der Waals surface area contributed by atoms with E-state index in [9.17, 15) is 0 Å². The Labute approximate surface area is 82.5 Å². The summed E-state index contributed by atoms with van der Waals surface area (Å²) in [4.78, 5) is 2.54. The maximum absolute atomic E-state index is 6.16. The van der Waals surface area contributed by atoms with Gasteiger partial charge in [-0.05, 0) is 54.0 Å². The van der Waals surface area contributed by atoms with Crippen LogP contribution >= 0.6 is 0 Å². The summed E-state index contributed by atoms with van der Waals surface area (Å²) < 4.78 is 0. The fourth-order valence-electron chi connectivity index (χ4n) is 2.51. The number of hydrogen-bond donors (Lipinski definition) is 1. The molecule has 1 rings (SSSR count). The van der Waals surface area contributed by atoms with Crippen molar-refractivity contribution in [3.05, 3.63) is 0 Å². The molecule has 1 atom stereocenters. The predicted molar refractivity (Wildman–Crippen MR) is 57.7 cm³/mol. The molecule has 2 nitrogen and oxygen atoms in total. The molecule has 1 unspecified atom stereocenters. The summed E-state index contributed by atoms with van der Waals surface area (Å²) in [5.41, 5.74) is 6.54. The van der Waals surface area contributed by atoms with Gasteiger partial charge in [0.2, 0.25) is 0 Å². The van der Waals surface area contributed by atoms with Crippen molar-refractivity contribution in [1.29, 1.82) is 0 Å². The van der Waals surface area contributed by atoms with Gasteiger partial charge in [0.25, 0.3) is 0 Å². The van der Waals surface area contributed by atoms with Gasteiger partial charge in [-0.15, -0.1) is 0 Å². The highest BCUT2D eigenvalue weighted by molar-refractivity contribution is 4.99. The molecule has 2 heteroatoms. The largest absolute Gasteiger partial charge is 0.326 e. The van der Waals surface area contributed by atoms with E-state index in [0.717, 1.165) is 0 Å². The van der Waals surface area contributed by atoms with Crippen molar-refractivity contribution in [1.82, 2.24) is 4.90 Å². The molecule has 1 aliphatic rings. The molecule has 2 N–H and O–H groups in total. The Morgan fingerprint density at radius 3 is 2.23 bits per heavy atom. The van der Waals surface area contributed by atoms with Crippen LogP contribution in [0.5, 0.6) is 0 Å². The van der Waals surface area contributed by atoms with Crippen molar-refractivity contribution < 1.29 is 0 Å². The van der Waals surface area contributed by atoms with E-state index in [1.807, 2.05) is 0 Å². The van der Waals surface area contributed by atoms with E-state index in [1.165, 1.54) is 19.4 Å². The summed E-state index contributed by atoms with van der Waals surface area (Å²) >= 11 is 0. The topological polar surface area (TPSA) is 29.3 Å². The van der Waals surface area contributed by atoms with Crippen LogP contribution in [0.2, 0.25) is 0 Å². The lowest BCUT2D eigenvalue weighted by Crippen LogP contribution is -2.64. The second kappa shape index (κ2) is 3.25. The minimum Gasteiger partial charge on any atom is -0.326 e. The van der Waals surface area contributed by atoms with Crippen LogP contribution in [-0.2, 0) is 0 Å². The summed E-state index contributed by atoms with van der Waals surface area (Å²) in [6.45, 7) is 12.5. The number of piperidine rings is 1. The standard InChI is InChI=1S/C11H24N2/c1-10(2,3)13-8-6-7-9(12)11(13,4)5/h9H,6-8,12H2,1-5H3. The Kier molecular flexibility index (Phi) is 2.75. The first-order valence-electron chi connectivity index (χ1n) is 5.29. The molecule has 0 aromatic carbocycles. The third kappa shape index (κ3) is 2.05. The van der Waals surface area contributed by atoms with Crippen molar-refractivity contribution in [2.75, 3.05) is 6.54 Å². The average Bonchev–Trinajstić information content (AvgIpc) is 1.92. The van der Waals surface area contributed by atoms with Crippen LogP contribution in [0.4, 0.5) is 0 Å². The Morgan fingerprint density at radius 2 is 1.85 bits per heavy atom. The van der Waals surface area contributed by atoms with E-state index in [1.54, 1.807) is 0 Å². The monoisotopic (exact) mass is 184 g/mol. The fourth-order valence-corrected chi connectivity index (χ4v) is 2.51.